The van der Waals surface area contributed by atoms with E-state index in [1.54, 1.807) is 0 Å². The van der Waals surface area contributed by atoms with Crippen LogP contribution in [0.2, 0.25) is 0 Å². The summed E-state index contributed by atoms with van der Waals surface area (Å²) in [5, 5.41) is 2.89. The highest BCUT2D eigenvalue weighted by atomic mass is 35.5. The highest BCUT2D eigenvalue weighted by Gasteiger charge is 2.13. The van der Waals surface area contributed by atoms with E-state index >= 15 is 0 Å². The van der Waals surface area contributed by atoms with Crippen LogP contribution in [0.3, 0.4) is 0 Å². The van der Waals surface area contributed by atoms with E-state index in [2.05, 4.69) is 50.4 Å². The molecule has 0 heterocycles. The van der Waals surface area contributed by atoms with Gasteiger partial charge in [-0.25, -0.2) is 0 Å². The van der Waals surface area contributed by atoms with Crippen LogP contribution in [0, 0.1) is 5.92 Å². The molecule has 0 radical (unpaired) electrons. The number of nitrogens with one attached hydrogen (secondary N) is 1. The van der Waals surface area contributed by atoms with Crippen molar-refractivity contribution in [3.05, 3.63) is 35.4 Å². The van der Waals surface area contributed by atoms with Crippen molar-refractivity contribution in [3.63, 3.8) is 0 Å². The predicted molar refractivity (Wildman–Crippen MR) is 82.5 cm³/mol. The van der Waals surface area contributed by atoms with Gasteiger partial charge < -0.3 is 11.1 Å². The molecule has 108 valence electrons. The van der Waals surface area contributed by atoms with Crippen molar-refractivity contribution in [2.24, 2.45) is 11.7 Å². The highest BCUT2D eigenvalue weighted by molar-refractivity contribution is 5.85. The molecule has 0 aliphatic rings. The molecule has 0 spiro atoms. The van der Waals surface area contributed by atoms with E-state index < -0.39 is 0 Å². The summed E-state index contributed by atoms with van der Waals surface area (Å²) in [5.41, 5.74) is 8.02. The second-order valence-corrected chi connectivity index (χ2v) is 5.80. The monoisotopic (exact) mass is 284 g/mol. The van der Waals surface area contributed by atoms with E-state index in [1.807, 2.05) is 6.92 Å². The molecular weight excluding hydrogens is 260 g/mol. The molecule has 0 saturated carbocycles. The molecule has 0 aromatic heterocycles. The van der Waals surface area contributed by atoms with Crippen LogP contribution in [-0.2, 0) is 16.8 Å². The van der Waals surface area contributed by atoms with Crippen LogP contribution in [0.5, 0.6) is 0 Å². The number of benzene rings is 1. The van der Waals surface area contributed by atoms with Gasteiger partial charge in [0.1, 0.15) is 0 Å². The lowest BCUT2D eigenvalue weighted by atomic mass is 9.87. The molecule has 0 bridgehead atoms. The van der Waals surface area contributed by atoms with Gasteiger partial charge in [0.2, 0.25) is 5.91 Å². The first-order chi connectivity index (χ1) is 8.34. The van der Waals surface area contributed by atoms with Gasteiger partial charge in [0.15, 0.2) is 0 Å². The van der Waals surface area contributed by atoms with Crippen LogP contribution in [0.25, 0.3) is 0 Å². The first-order valence-electron chi connectivity index (χ1n) is 6.42. The Labute approximate surface area is 122 Å². The van der Waals surface area contributed by atoms with Crippen molar-refractivity contribution >= 4 is 18.3 Å². The zero-order valence-electron chi connectivity index (χ0n) is 12.2. The Bertz CT molecular complexity index is 396. The van der Waals surface area contributed by atoms with Gasteiger partial charge in [-0.3, -0.25) is 4.79 Å². The van der Waals surface area contributed by atoms with Gasteiger partial charge in [-0.1, -0.05) is 52.0 Å². The summed E-state index contributed by atoms with van der Waals surface area (Å²) in [6.45, 7) is 9.34. The number of carbonyl (C=O) groups is 1. The Morgan fingerprint density at radius 3 is 2.21 bits per heavy atom. The molecule has 4 heteroatoms. The normalized spacial score (nSPS) is 12.5. The Kier molecular flexibility index (Phi) is 7.09. The molecule has 0 aliphatic heterocycles. The second kappa shape index (κ2) is 7.51. The van der Waals surface area contributed by atoms with Crippen LogP contribution in [-0.4, -0.2) is 12.5 Å². The quantitative estimate of drug-likeness (QED) is 0.893. The second-order valence-electron chi connectivity index (χ2n) is 5.80. The van der Waals surface area contributed by atoms with E-state index in [1.165, 1.54) is 5.56 Å². The van der Waals surface area contributed by atoms with Crippen LogP contribution in [0.15, 0.2) is 24.3 Å². The molecule has 1 rings (SSSR count). The van der Waals surface area contributed by atoms with Crippen molar-refractivity contribution in [2.45, 2.75) is 39.7 Å². The zero-order valence-corrected chi connectivity index (χ0v) is 13.0. The third-order valence-corrected chi connectivity index (χ3v) is 3.09. The van der Waals surface area contributed by atoms with Gasteiger partial charge in [-0.05, 0) is 16.5 Å². The molecule has 0 aliphatic carbocycles. The average Bonchev–Trinajstić information content (AvgIpc) is 2.34. The van der Waals surface area contributed by atoms with Crippen molar-refractivity contribution in [1.29, 1.82) is 0 Å². The molecule has 19 heavy (non-hydrogen) atoms. The lowest BCUT2D eigenvalue weighted by molar-refractivity contribution is -0.124. The number of nitrogens with two attached hydrogens (primary N) is 1. The molecule has 1 aromatic rings. The summed E-state index contributed by atoms with van der Waals surface area (Å²) < 4.78 is 0. The fourth-order valence-electron chi connectivity index (χ4n) is 1.59. The van der Waals surface area contributed by atoms with Crippen molar-refractivity contribution in [3.8, 4) is 0 Å². The summed E-state index contributed by atoms with van der Waals surface area (Å²) >= 11 is 0. The topological polar surface area (TPSA) is 55.1 Å². The van der Waals surface area contributed by atoms with Gasteiger partial charge in [-0.2, -0.15) is 0 Å². The third-order valence-electron chi connectivity index (χ3n) is 3.09. The molecule has 1 atom stereocenters. The van der Waals surface area contributed by atoms with Crippen LogP contribution < -0.4 is 11.1 Å². The average molecular weight is 285 g/mol. The molecular formula is C15H25ClN2O. The molecule has 1 aromatic carbocycles. The van der Waals surface area contributed by atoms with Crippen molar-refractivity contribution in [1.82, 2.24) is 5.32 Å². The number of halogens is 1. The minimum Gasteiger partial charge on any atom is -0.352 e. The van der Waals surface area contributed by atoms with E-state index in [9.17, 15) is 4.79 Å². The number of hydrogen-bond acceptors (Lipinski definition) is 2. The van der Waals surface area contributed by atoms with Crippen molar-refractivity contribution < 1.29 is 4.79 Å². The Morgan fingerprint density at radius 2 is 1.79 bits per heavy atom. The van der Waals surface area contributed by atoms with Crippen LogP contribution >= 0.6 is 12.4 Å². The molecule has 0 saturated heterocycles. The molecule has 1 unspecified atom stereocenters. The maximum atomic E-state index is 11.6. The predicted octanol–water partition coefficient (Wildman–Crippen LogP) is 2.62. The van der Waals surface area contributed by atoms with Gasteiger partial charge in [0.25, 0.3) is 0 Å². The number of amides is 1. The summed E-state index contributed by atoms with van der Waals surface area (Å²) in [7, 11) is 0. The Hall–Kier alpha value is -1.06. The first-order valence-corrected chi connectivity index (χ1v) is 6.42. The zero-order chi connectivity index (χ0) is 13.8. The third kappa shape index (κ3) is 5.62. The summed E-state index contributed by atoms with van der Waals surface area (Å²) in [6, 6.07) is 8.36. The number of rotatable bonds is 4. The molecule has 1 amide bonds. The lowest BCUT2D eigenvalue weighted by Gasteiger charge is -2.19. The molecule has 3 nitrogen and oxygen atoms in total. The van der Waals surface area contributed by atoms with E-state index in [0.29, 0.717) is 13.1 Å². The van der Waals surface area contributed by atoms with Gasteiger partial charge in [-0.15, -0.1) is 12.4 Å². The van der Waals surface area contributed by atoms with E-state index in [4.69, 9.17) is 5.73 Å². The fourth-order valence-corrected chi connectivity index (χ4v) is 1.59. The van der Waals surface area contributed by atoms with E-state index in [-0.39, 0.29) is 29.6 Å². The summed E-state index contributed by atoms with van der Waals surface area (Å²) in [5.74, 6) is -0.115. The van der Waals surface area contributed by atoms with Gasteiger partial charge in [0, 0.05) is 19.0 Å². The Morgan fingerprint density at radius 1 is 1.26 bits per heavy atom. The minimum atomic E-state index is -0.126. The summed E-state index contributed by atoms with van der Waals surface area (Å²) in [6.07, 6.45) is 0. The number of carbonyl (C=O) groups excluding carboxylic acids is 1. The molecule has 0 fully saturated rings. The van der Waals surface area contributed by atoms with Crippen LogP contribution in [0.4, 0.5) is 0 Å². The maximum absolute atomic E-state index is 11.6. The lowest BCUT2D eigenvalue weighted by Crippen LogP contribution is -2.32. The Balaban J connectivity index is 0.00000324. The standard InChI is InChI=1S/C15H24N2O.ClH/c1-11(9-16)14(18)17-10-12-5-7-13(8-6-12)15(2,3)4;/h5-8,11H,9-10,16H2,1-4H3,(H,17,18);1H. The SMILES string of the molecule is CC(CN)C(=O)NCc1ccc(C(C)(C)C)cc1.Cl. The largest absolute Gasteiger partial charge is 0.352 e. The maximum Gasteiger partial charge on any atom is 0.224 e. The van der Waals surface area contributed by atoms with E-state index in [0.717, 1.165) is 5.56 Å². The molecule has 3 N–H and O–H groups in total. The fraction of sp³-hybridized carbons (Fsp3) is 0.533. The van der Waals surface area contributed by atoms with Crippen molar-refractivity contribution in [2.75, 3.05) is 6.54 Å². The first kappa shape index (κ1) is 17.9. The smallest absolute Gasteiger partial charge is 0.224 e. The minimum absolute atomic E-state index is 0. The van der Waals surface area contributed by atoms with Gasteiger partial charge in [0.05, 0.1) is 0 Å². The van der Waals surface area contributed by atoms with Crippen LogP contribution in [0.1, 0.15) is 38.8 Å². The number of hydrogen-bond donors (Lipinski definition) is 2. The summed E-state index contributed by atoms with van der Waals surface area (Å²) in [4.78, 5) is 11.6. The van der Waals surface area contributed by atoms with Gasteiger partial charge >= 0.3 is 0 Å². The highest BCUT2D eigenvalue weighted by Crippen LogP contribution is 2.22.